The molecule has 0 saturated carbocycles. The second-order valence-corrected chi connectivity index (χ2v) is 7.15. The molecule has 2 rings (SSSR count). The molecular weight excluding hydrogens is 302 g/mol. The summed E-state index contributed by atoms with van der Waals surface area (Å²) >= 11 is 0. The Balaban J connectivity index is 1.62. The second-order valence-electron chi connectivity index (χ2n) is 7.15. The monoisotopic (exact) mass is 335 g/mol. The lowest BCUT2D eigenvalue weighted by Gasteiger charge is -2.40. The number of rotatable bonds is 8. The van der Waals surface area contributed by atoms with Gasteiger partial charge in [0.2, 0.25) is 0 Å². The van der Waals surface area contributed by atoms with E-state index in [4.69, 9.17) is 9.47 Å². The number of hydrogen-bond donors (Lipinski definition) is 1. The van der Waals surface area contributed by atoms with E-state index in [1.165, 1.54) is 30.4 Å². The van der Waals surface area contributed by atoms with Gasteiger partial charge >= 0.3 is 0 Å². The summed E-state index contributed by atoms with van der Waals surface area (Å²) in [7, 11) is 0. The topological polar surface area (TPSA) is 41.9 Å². The van der Waals surface area contributed by atoms with Crippen LogP contribution in [0.25, 0.3) is 0 Å². The molecule has 4 nitrogen and oxygen atoms in total. The number of β-amino-alcohol motifs (C(OH)–C–C–N with tert-alkyl or cyclic N) is 1. The van der Waals surface area contributed by atoms with Gasteiger partial charge in [0, 0.05) is 18.6 Å². The summed E-state index contributed by atoms with van der Waals surface area (Å²) in [4.78, 5) is 2.41. The van der Waals surface area contributed by atoms with Crippen molar-refractivity contribution in [3.05, 3.63) is 29.3 Å². The van der Waals surface area contributed by atoms with Crippen LogP contribution in [0.5, 0.6) is 5.75 Å². The van der Waals surface area contributed by atoms with Crippen molar-refractivity contribution in [2.24, 2.45) is 0 Å². The lowest BCUT2D eigenvalue weighted by molar-refractivity contribution is -0.0141. The van der Waals surface area contributed by atoms with Gasteiger partial charge in [-0.3, -0.25) is 4.90 Å². The van der Waals surface area contributed by atoms with Gasteiger partial charge in [0.1, 0.15) is 12.4 Å². The maximum atomic E-state index is 10.2. The number of benzene rings is 1. The highest BCUT2D eigenvalue weighted by Crippen LogP contribution is 2.22. The van der Waals surface area contributed by atoms with Crippen LogP contribution in [-0.4, -0.2) is 54.6 Å². The van der Waals surface area contributed by atoms with Gasteiger partial charge in [0.15, 0.2) is 0 Å². The molecule has 0 spiro atoms. The molecule has 4 heteroatoms. The van der Waals surface area contributed by atoms with E-state index in [0.717, 1.165) is 5.75 Å². The average molecular weight is 335 g/mol. The van der Waals surface area contributed by atoms with Crippen LogP contribution in [0.15, 0.2) is 18.2 Å². The van der Waals surface area contributed by atoms with Gasteiger partial charge in [-0.1, -0.05) is 12.5 Å². The van der Waals surface area contributed by atoms with Crippen molar-refractivity contribution in [1.29, 1.82) is 0 Å². The highest BCUT2D eigenvalue weighted by atomic mass is 16.5. The maximum absolute atomic E-state index is 10.2. The Morgan fingerprint density at radius 2 is 1.83 bits per heavy atom. The smallest absolute Gasteiger partial charge is 0.119 e. The predicted octanol–water partition coefficient (Wildman–Crippen LogP) is 3.32. The minimum absolute atomic E-state index is 0.367. The van der Waals surface area contributed by atoms with Crippen molar-refractivity contribution in [3.8, 4) is 5.75 Å². The van der Waals surface area contributed by atoms with E-state index in [0.29, 0.717) is 38.4 Å². The van der Waals surface area contributed by atoms with Crippen LogP contribution in [0.4, 0.5) is 0 Å². The number of piperidine rings is 1. The van der Waals surface area contributed by atoms with Crippen LogP contribution in [0.2, 0.25) is 0 Å². The first-order valence-electron chi connectivity index (χ1n) is 9.19. The summed E-state index contributed by atoms with van der Waals surface area (Å²) in [5, 5.41) is 10.2. The van der Waals surface area contributed by atoms with E-state index in [2.05, 4.69) is 38.7 Å². The number of nitrogens with zero attached hydrogens (tertiary/aromatic N) is 1. The molecule has 0 radical (unpaired) electrons. The molecule has 1 saturated heterocycles. The number of aliphatic hydroxyl groups is 1. The SMILES string of the molecule is Cc1ccc(OCCOC[C@H](O)CN2[C@@H](C)CCC[C@@H]2C)cc1C. The summed E-state index contributed by atoms with van der Waals surface area (Å²) in [5.74, 6) is 0.873. The Morgan fingerprint density at radius 3 is 2.50 bits per heavy atom. The lowest BCUT2D eigenvalue weighted by atomic mass is 9.97. The molecule has 1 heterocycles. The van der Waals surface area contributed by atoms with E-state index < -0.39 is 6.10 Å². The first-order chi connectivity index (χ1) is 11.5. The Bertz CT molecular complexity index is 496. The van der Waals surface area contributed by atoms with E-state index in [9.17, 15) is 5.11 Å². The first kappa shape index (κ1) is 19.2. The highest BCUT2D eigenvalue weighted by Gasteiger charge is 2.26. The summed E-state index contributed by atoms with van der Waals surface area (Å²) in [5.41, 5.74) is 2.50. The zero-order valence-corrected chi connectivity index (χ0v) is 15.6. The maximum Gasteiger partial charge on any atom is 0.119 e. The summed E-state index contributed by atoms with van der Waals surface area (Å²) < 4.78 is 11.3. The van der Waals surface area contributed by atoms with Gasteiger partial charge in [0.05, 0.1) is 19.3 Å². The zero-order valence-electron chi connectivity index (χ0n) is 15.6. The summed E-state index contributed by atoms with van der Waals surface area (Å²) in [6.45, 7) is 10.7. The predicted molar refractivity (Wildman–Crippen MR) is 97.7 cm³/mol. The highest BCUT2D eigenvalue weighted by molar-refractivity contribution is 5.33. The third-order valence-corrected chi connectivity index (χ3v) is 5.08. The van der Waals surface area contributed by atoms with Crippen LogP contribution in [0.1, 0.15) is 44.2 Å². The largest absolute Gasteiger partial charge is 0.491 e. The molecule has 1 fully saturated rings. The molecule has 1 aliphatic rings. The molecular formula is C20H33NO3. The van der Waals surface area contributed by atoms with Crippen molar-refractivity contribution in [3.63, 3.8) is 0 Å². The van der Waals surface area contributed by atoms with E-state index in [1.54, 1.807) is 0 Å². The standard InChI is InChI=1S/C20H33NO3/c1-15-8-9-20(12-16(15)2)24-11-10-23-14-19(22)13-21-17(3)6-5-7-18(21)4/h8-9,12,17-19,22H,5-7,10-11,13-14H2,1-4H3/t17-,18-,19+/m0/s1. The molecule has 0 unspecified atom stereocenters. The number of ether oxygens (including phenoxy) is 2. The van der Waals surface area contributed by atoms with Crippen LogP contribution >= 0.6 is 0 Å². The molecule has 0 bridgehead atoms. The molecule has 24 heavy (non-hydrogen) atoms. The average Bonchev–Trinajstić information content (AvgIpc) is 2.54. The number of hydrogen-bond acceptors (Lipinski definition) is 4. The van der Waals surface area contributed by atoms with Crippen molar-refractivity contribution >= 4 is 0 Å². The van der Waals surface area contributed by atoms with Crippen LogP contribution in [0, 0.1) is 13.8 Å². The minimum atomic E-state index is -0.436. The van der Waals surface area contributed by atoms with E-state index in [1.807, 2.05) is 12.1 Å². The van der Waals surface area contributed by atoms with Gasteiger partial charge in [0.25, 0.3) is 0 Å². The molecule has 1 aromatic carbocycles. The first-order valence-corrected chi connectivity index (χ1v) is 9.19. The fraction of sp³-hybridized carbons (Fsp3) is 0.700. The Hall–Kier alpha value is -1.10. The fourth-order valence-corrected chi connectivity index (χ4v) is 3.37. The Morgan fingerprint density at radius 1 is 1.12 bits per heavy atom. The van der Waals surface area contributed by atoms with Gasteiger partial charge < -0.3 is 14.6 Å². The molecule has 1 aliphatic heterocycles. The molecule has 3 atom stereocenters. The van der Waals surface area contributed by atoms with Crippen molar-refractivity contribution in [2.45, 2.75) is 65.1 Å². The molecule has 1 aromatic rings. The lowest BCUT2D eigenvalue weighted by Crippen LogP contribution is -2.48. The normalized spacial score (nSPS) is 23.2. The third-order valence-electron chi connectivity index (χ3n) is 5.08. The van der Waals surface area contributed by atoms with Gasteiger partial charge in [-0.15, -0.1) is 0 Å². The molecule has 1 N–H and O–H groups in total. The van der Waals surface area contributed by atoms with Crippen molar-refractivity contribution in [1.82, 2.24) is 4.90 Å². The van der Waals surface area contributed by atoms with Crippen molar-refractivity contribution in [2.75, 3.05) is 26.4 Å². The quantitative estimate of drug-likeness (QED) is 0.740. The molecule has 0 amide bonds. The second kappa shape index (κ2) is 9.40. The van der Waals surface area contributed by atoms with Crippen LogP contribution in [0.3, 0.4) is 0 Å². The summed E-state index contributed by atoms with van der Waals surface area (Å²) in [6.07, 6.45) is 3.31. The Kier molecular flexibility index (Phi) is 7.53. The van der Waals surface area contributed by atoms with Gasteiger partial charge in [-0.05, 0) is 63.8 Å². The zero-order chi connectivity index (χ0) is 17.5. The van der Waals surface area contributed by atoms with Gasteiger partial charge in [-0.25, -0.2) is 0 Å². The van der Waals surface area contributed by atoms with E-state index in [-0.39, 0.29) is 0 Å². The molecule has 136 valence electrons. The summed E-state index contributed by atoms with van der Waals surface area (Å²) in [6, 6.07) is 7.20. The number of aliphatic hydroxyl groups excluding tert-OH is 1. The van der Waals surface area contributed by atoms with Gasteiger partial charge in [-0.2, -0.15) is 0 Å². The van der Waals surface area contributed by atoms with Crippen LogP contribution < -0.4 is 4.74 Å². The van der Waals surface area contributed by atoms with Crippen molar-refractivity contribution < 1.29 is 14.6 Å². The number of likely N-dealkylation sites (tertiary alicyclic amines) is 1. The Labute approximate surface area is 146 Å². The fourth-order valence-electron chi connectivity index (χ4n) is 3.37. The molecule has 0 aromatic heterocycles. The third kappa shape index (κ3) is 5.76. The van der Waals surface area contributed by atoms with Crippen LogP contribution in [-0.2, 0) is 4.74 Å². The van der Waals surface area contributed by atoms with E-state index >= 15 is 0 Å². The molecule has 0 aliphatic carbocycles. The number of aryl methyl sites for hydroxylation is 2. The minimum Gasteiger partial charge on any atom is -0.491 e.